The Hall–Kier alpha value is -2.00. The fraction of sp³-hybridized carbons (Fsp3) is 0.562. The van der Waals surface area contributed by atoms with E-state index in [0.29, 0.717) is 37.1 Å². The lowest BCUT2D eigenvalue weighted by atomic mass is 10.1. The number of guanidine groups is 1. The molecule has 0 unspecified atom stereocenters. The molecule has 8 nitrogen and oxygen atoms in total. The van der Waals surface area contributed by atoms with Crippen LogP contribution in [0.4, 0.5) is 0 Å². The van der Waals surface area contributed by atoms with E-state index in [4.69, 9.17) is 9.47 Å². The molecule has 0 radical (unpaired) electrons. The molecule has 142 valence electrons. The number of nitrogens with one attached hydrogen (secondary N) is 3. The van der Waals surface area contributed by atoms with Crippen LogP contribution in [0.25, 0.3) is 0 Å². The Labute approximate surface area is 150 Å². The van der Waals surface area contributed by atoms with Gasteiger partial charge in [0.25, 0.3) is 0 Å². The maximum atomic E-state index is 11.3. The predicted molar refractivity (Wildman–Crippen MR) is 100 cm³/mol. The number of benzene rings is 1. The van der Waals surface area contributed by atoms with Gasteiger partial charge in [-0.3, -0.25) is 4.99 Å². The number of ether oxygens (including phenoxy) is 2. The molecule has 0 saturated carbocycles. The number of rotatable bonds is 10. The van der Waals surface area contributed by atoms with Gasteiger partial charge in [0.1, 0.15) is 0 Å². The number of methoxy groups -OCH3 is 2. The van der Waals surface area contributed by atoms with Crippen molar-refractivity contribution in [2.75, 3.05) is 46.7 Å². The van der Waals surface area contributed by atoms with Gasteiger partial charge in [0.2, 0.25) is 10.0 Å². The van der Waals surface area contributed by atoms with Crippen LogP contribution in [-0.2, 0) is 16.4 Å². The van der Waals surface area contributed by atoms with E-state index in [1.807, 2.05) is 18.2 Å². The fourth-order valence-corrected chi connectivity index (χ4v) is 2.69. The molecule has 1 aromatic rings. The highest BCUT2D eigenvalue weighted by Gasteiger charge is 2.06. The molecule has 0 aliphatic carbocycles. The first-order chi connectivity index (χ1) is 12.0. The van der Waals surface area contributed by atoms with E-state index < -0.39 is 10.0 Å². The van der Waals surface area contributed by atoms with E-state index in [0.717, 1.165) is 12.0 Å². The third kappa shape index (κ3) is 7.61. The van der Waals surface area contributed by atoms with Crippen LogP contribution in [0.1, 0.15) is 12.5 Å². The van der Waals surface area contributed by atoms with Crippen LogP contribution in [-0.4, -0.2) is 61.0 Å². The summed E-state index contributed by atoms with van der Waals surface area (Å²) in [5, 5.41) is 6.25. The summed E-state index contributed by atoms with van der Waals surface area (Å²) in [6, 6.07) is 5.80. The highest BCUT2D eigenvalue weighted by molar-refractivity contribution is 7.89. The molecule has 0 fully saturated rings. The van der Waals surface area contributed by atoms with Crippen LogP contribution in [0.5, 0.6) is 11.5 Å². The monoisotopic (exact) mass is 372 g/mol. The van der Waals surface area contributed by atoms with Crippen molar-refractivity contribution < 1.29 is 17.9 Å². The first kappa shape index (κ1) is 21.0. The lowest BCUT2D eigenvalue weighted by molar-refractivity contribution is 0.354. The number of hydrogen-bond acceptors (Lipinski definition) is 5. The Morgan fingerprint density at radius 1 is 1.08 bits per heavy atom. The lowest BCUT2D eigenvalue weighted by Crippen LogP contribution is -2.42. The van der Waals surface area contributed by atoms with Crippen LogP contribution < -0.4 is 24.8 Å². The van der Waals surface area contributed by atoms with E-state index in [9.17, 15) is 8.42 Å². The van der Waals surface area contributed by atoms with Crippen molar-refractivity contribution in [1.29, 1.82) is 0 Å². The van der Waals surface area contributed by atoms with Crippen LogP contribution in [0, 0.1) is 0 Å². The molecular weight excluding hydrogens is 344 g/mol. The molecular formula is C16H28N4O4S. The Balaban J connectivity index is 2.38. The zero-order valence-electron chi connectivity index (χ0n) is 15.3. The minimum absolute atomic E-state index is 0.0747. The molecule has 9 heteroatoms. The highest BCUT2D eigenvalue weighted by Crippen LogP contribution is 2.27. The van der Waals surface area contributed by atoms with E-state index in [-0.39, 0.29) is 5.75 Å². The number of aliphatic imine (C=N–C) groups is 1. The molecule has 0 spiro atoms. The van der Waals surface area contributed by atoms with Gasteiger partial charge in [-0.25, -0.2) is 13.1 Å². The van der Waals surface area contributed by atoms with Crippen LogP contribution >= 0.6 is 0 Å². The standard InChI is InChI=1S/C16H28N4O4S/c1-5-25(21,22)20-11-10-19-16(17-2)18-9-8-13-6-7-14(23-3)15(12-13)24-4/h6-7,12,20H,5,8-11H2,1-4H3,(H2,17,18,19). The van der Waals surface area contributed by atoms with Gasteiger partial charge >= 0.3 is 0 Å². The van der Waals surface area contributed by atoms with Crippen molar-refractivity contribution in [3.05, 3.63) is 23.8 Å². The number of nitrogens with zero attached hydrogens (tertiary/aromatic N) is 1. The van der Waals surface area contributed by atoms with Gasteiger partial charge in [-0.2, -0.15) is 0 Å². The SMILES string of the molecule is CCS(=O)(=O)NCCNC(=NC)NCCc1ccc(OC)c(OC)c1. The molecule has 1 rings (SSSR count). The molecule has 0 aliphatic rings. The largest absolute Gasteiger partial charge is 0.493 e. The summed E-state index contributed by atoms with van der Waals surface area (Å²) in [6.07, 6.45) is 0.781. The summed E-state index contributed by atoms with van der Waals surface area (Å²) in [4.78, 5) is 4.11. The summed E-state index contributed by atoms with van der Waals surface area (Å²) >= 11 is 0. The second kappa shape index (κ2) is 10.8. The van der Waals surface area contributed by atoms with E-state index in [1.54, 1.807) is 28.2 Å². The van der Waals surface area contributed by atoms with E-state index in [2.05, 4.69) is 20.3 Å². The first-order valence-corrected chi connectivity index (χ1v) is 9.73. The average Bonchev–Trinajstić information content (AvgIpc) is 2.63. The Morgan fingerprint density at radius 2 is 1.76 bits per heavy atom. The zero-order valence-corrected chi connectivity index (χ0v) is 16.1. The summed E-state index contributed by atoms with van der Waals surface area (Å²) < 4.78 is 35.7. The quantitative estimate of drug-likeness (QED) is 0.311. The number of hydrogen-bond donors (Lipinski definition) is 3. The van der Waals surface area contributed by atoms with Crippen LogP contribution in [0.2, 0.25) is 0 Å². The van der Waals surface area contributed by atoms with Gasteiger partial charge in [-0.1, -0.05) is 6.07 Å². The van der Waals surface area contributed by atoms with Crippen molar-refractivity contribution >= 4 is 16.0 Å². The van der Waals surface area contributed by atoms with Crippen molar-refractivity contribution in [2.24, 2.45) is 4.99 Å². The molecule has 25 heavy (non-hydrogen) atoms. The Morgan fingerprint density at radius 3 is 2.36 bits per heavy atom. The summed E-state index contributed by atoms with van der Waals surface area (Å²) in [6.45, 7) is 3.04. The van der Waals surface area contributed by atoms with Gasteiger partial charge in [-0.15, -0.1) is 0 Å². The third-order valence-corrected chi connectivity index (χ3v) is 4.90. The van der Waals surface area contributed by atoms with Gasteiger partial charge in [0, 0.05) is 26.7 Å². The van der Waals surface area contributed by atoms with Gasteiger partial charge in [0.15, 0.2) is 17.5 Å². The Bertz CT molecular complexity index is 662. The summed E-state index contributed by atoms with van der Waals surface area (Å²) in [5.41, 5.74) is 1.11. The van der Waals surface area contributed by atoms with Crippen molar-refractivity contribution in [2.45, 2.75) is 13.3 Å². The van der Waals surface area contributed by atoms with Crippen molar-refractivity contribution in [3.8, 4) is 11.5 Å². The highest BCUT2D eigenvalue weighted by atomic mass is 32.2. The molecule has 0 aromatic heterocycles. The van der Waals surface area contributed by atoms with Crippen molar-refractivity contribution in [1.82, 2.24) is 15.4 Å². The summed E-state index contributed by atoms with van der Waals surface area (Å²) in [7, 11) is 1.72. The molecule has 0 atom stereocenters. The normalized spacial score (nSPS) is 11.9. The molecule has 3 N–H and O–H groups in total. The molecule has 1 aromatic carbocycles. The topological polar surface area (TPSA) is 101 Å². The van der Waals surface area contributed by atoms with E-state index >= 15 is 0 Å². The first-order valence-electron chi connectivity index (χ1n) is 8.08. The van der Waals surface area contributed by atoms with Gasteiger partial charge in [-0.05, 0) is 31.0 Å². The summed E-state index contributed by atoms with van der Waals surface area (Å²) in [5.74, 6) is 2.10. The van der Waals surface area contributed by atoms with Gasteiger partial charge < -0.3 is 20.1 Å². The minimum atomic E-state index is -3.16. The lowest BCUT2D eigenvalue weighted by Gasteiger charge is -2.13. The minimum Gasteiger partial charge on any atom is -0.493 e. The molecule has 0 aliphatic heterocycles. The molecule has 0 heterocycles. The Kier molecular flexibility index (Phi) is 9.07. The van der Waals surface area contributed by atoms with Crippen molar-refractivity contribution in [3.63, 3.8) is 0 Å². The third-order valence-electron chi connectivity index (χ3n) is 3.50. The second-order valence-electron chi connectivity index (χ2n) is 5.16. The van der Waals surface area contributed by atoms with Gasteiger partial charge in [0.05, 0.1) is 20.0 Å². The second-order valence-corrected chi connectivity index (χ2v) is 7.26. The maximum absolute atomic E-state index is 11.3. The maximum Gasteiger partial charge on any atom is 0.211 e. The van der Waals surface area contributed by atoms with E-state index in [1.165, 1.54) is 0 Å². The fourth-order valence-electron chi connectivity index (χ4n) is 2.07. The van der Waals surface area contributed by atoms with Crippen LogP contribution in [0.15, 0.2) is 23.2 Å². The number of sulfonamides is 1. The van der Waals surface area contributed by atoms with Crippen LogP contribution in [0.3, 0.4) is 0 Å². The molecule has 0 saturated heterocycles. The zero-order chi connectivity index (χ0) is 18.7. The average molecular weight is 372 g/mol. The predicted octanol–water partition coefficient (Wildman–Crippen LogP) is 0.351. The smallest absolute Gasteiger partial charge is 0.211 e. The molecule has 0 amide bonds. The molecule has 0 bridgehead atoms.